The lowest BCUT2D eigenvalue weighted by Crippen LogP contribution is -2.50. The van der Waals surface area contributed by atoms with E-state index in [0.29, 0.717) is 35.6 Å². The van der Waals surface area contributed by atoms with Crippen molar-refractivity contribution >= 4 is 7.98 Å². The Bertz CT molecular complexity index is 767. The summed E-state index contributed by atoms with van der Waals surface area (Å²) in [6, 6.07) is 1.60. The van der Waals surface area contributed by atoms with Crippen LogP contribution >= 0.6 is 0 Å². The van der Waals surface area contributed by atoms with Crippen molar-refractivity contribution in [3.8, 4) is 0 Å². The first kappa shape index (κ1) is 21.0. The molecular weight excluding hydrogens is 371 g/mol. The molecule has 3 fully saturated rings. The molecule has 0 radical (unpaired) electrons. The van der Waals surface area contributed by atoms with E-state index < -0.39 is 0 Å². The van der Waals surface area contributed by atoms with E-state index in [0.717, 1.165) is 18.8 Å². The van der Waals surface area contributed by atoms with Crippen LogP contribution in [0.2, 0.25) is 0 Å². The second-order valence-electron chi connectivity index (χ2n) is 11.6. The lowest BCUT2D eigenvalue weighted by atomic mass is 9.69. The predicted octanol–water partition coefficient (Wildman–Crippen LogP) is 3.62. The maximum absolute atomic E-state index is 6.25. The molecule has 4 unspecified atom stereocenters. The lowest BCUT2D eigenvalue weighted by molar-refractivity contribution is -0.0619. The van der Waals surface area contributed by atoms with Crippen molar-refractivity contribution in [3.05, 3.63) is 17.0 Å². The molecule has 5 rings (SSSR count). The molecule has 0 aromatic carbocycles. The third kappa shape index (κ3) is 3.47. The fourth-order valence-electron chi connectivity index (χ4n) is 7.50. The van der Waals surface area contributed by atoms with Crippen LogP contribution in [-0.4, -0.2) is 29.8 Å². The topological polar surface area (TPSA) is 51.1 Å². The molecular formula is C24H41BN4O. The Morgan fingerprint density at radius 3 is 2.63 bits per heavy atom. The molecule has 1 heterocycles. The third-order valence-corrected chi connectivity index (χ3v) is 9.39. The lowest BCUT2D eigenvalue weighted by Gasteiger charge is -2.42. The average molecular weight is 412 g/mol. The van der Waals surface area contributed by atoms with E-state index in [2.05, 4.69) is 44.1 Å². The third-order valence-electron chi connectivity index (χ3n) is 9.39. The fraction of sp³-hybridized carbons (Fsp3) is 0.875. The molecule has 4 aliphatic rings. The van der Waals surface area contributed by atoms with Crippen LogP contribution in [0.3, 0.4) is 0 Å². The Morgan fingerprint density at radius 2 is 1.93 bits per heavy atom. The van der Waals surface area contributed by atoms with Gasteiger partial charge in [0.15, 0.2) is 7.98 Å². The standard InChI is InChI=1S/C24H41BN4O/c1-23(2)16-11-12-24(3,14-16)22(23)28-30-15-20-19-13-17(26-25)9-10-21(19)29(27-20)18-7-5-4-6-8-18/h16-18,22,26,28H,4-15,25H2,1-3H3. The molecule has 4 aliphatic carbocycles. The van der Waals surface area contributed by atoms with Crippen LogP contribution in [0.1, 0.15) is 102 Å². The SMILES string of the molecule is BNC1CCc2c(c(CONC3C4(C)CCC(C4)C3(C)C)nn2C2CCCCC2)C1. The molecule has 3 saturated carbocycles. The van der Waals surface area contributed by atoms with Crippen molar-refractivity contribution in [1.29, 1.82) is 0 Å². The van der Waals surface area contributed by atoms with Crippen LogP contribution in [0.5, 0.6) is 0 Å². The average Bonchev–Trinajstić information content (AvgIpc) is 3.37. The minimum atomic E-state index is 0.311. The first-order valence-corrected chi connectivity index (χ1v) is 12.6. The zero-order valence-corrected chi connectivity index (χ0v) is 19.6. The molecule has 166 valence electrons. The molecule has 2 bridgehead atoms. The van der Waals surface area contributed by atoms with Gasteiger partial charge in [-0.15, -0.1) is 0 Å². The highest BCUT2D eigenvalue weighted by molar-refractivity contribution is 6.04. The van der Waals surface area contributed by atoms with Crippen molar-refractivity contribution in [1.82, 2.24) is 20.5 Å². The summed E-state index contributed by atoms with van der Waals surface area (Å²) in [6.45, 7) is 7.91. The van der Waals surface area contributed by atoms with Crippen molar-refractivity contribution in [2.75, 3.05) is 0 Å². The van der Waals surface area contributed by atoms with Crippen LogP contribution in [0.25, 0.3) is 0 Å². The molecule has 6 heteroatoms. The van der Waals surface area contributed by atoms with Crippen LogP contribution < -0.4 is 10.7 Å². The van der Waals surface area contributed by atoms with E-state index in [1.54, 1.807) is 0 Å². The number of nitrogens with zero attached hydrogens (tertiary/aromatic N) is 2. The molecule has 0 saturated heterocycles. The number of rotatable bonds is 6. The quantitative estimate of drug-likeness (QED) is 0.554. The van der Waals surface area contributed by atoms with Gasteiger partial charge in [-0.05, 0) is 68.1 Å². The van der Waals surface area contributed by atoms with Crippen LogP contribution in [0.4, 0.5) is 0 Å². The fourth-order valence-corrected chi connectivity index (χ4v) is 7.50. The minimum Gasteiger partial charge on any atom is -0.359 e. The van der Waals surface area contributed by atoms with Gasteiger partial charge in [-0.25, -0.2) is 0 Å². The Kier molecular flexibility index (Phi) is 5.56. The molecule has 30 heavy (non-hydrogen) atoms. The molecule has 0 aliphatic heterocycles. The van der Waals surface area contributed by atoms with Gasteiger partial charge in [0.2, 0.25) is 0 Å². The van der Waals surface area contributed by atoms with E-state index in [1.165, 1.54) is 74.7 Å². The zero-order chi connectivity index (χ0) is 20.9. The highest BCUT2D eigenvalue weighted by atomic mass is 16.6. The Hall–Kier alpha value is -0.845. The second kappa shape index (κ2) is 7.93. The zero-order valence-electron chi connectivity index (χ0n) is 19.6. The van der Waals surface area contributed by atoms with E-state index in [9.17, 15) is 0 Å². The van der Waals surface area contributed by atoms with Crippen molar-refractivity contribution in [2.45, 2.75) is 116 Å². The summed E-state index contributed by atoms with van der Waals surface area (Å²) in [6.07, 6.45) is 14.2. The summed E-state index contributed by atoms with van der Waals surface area (Å²) < 4.78 is 2.42. The Labute approximate surface area is 183 Å². The first-order valence-electron chi connectivity index (χ1n) is 12.6. The van der Waals surface area contributed by atoms with Gasteiger partial charge in [-0.3, -0.25) is 9.52 Å². The molecule has 5 nitrogen and oxygen atoms in total. The van der Waals surface area contributed by atoms with Gasteiger partial charge in [0.25, 0.3) is 0 Å². The maximum atomic E-state index is 6.25. The van der Waals surface area contributed by atoms with Gasteiger partial charge in [-0.1, -0.05) is 40.0 Å². The van der Waals surface area contributed by atoms with Gasteiger partial charge < -0.3 is 5.23 Å². The van der Waals surface area contributed by atoms with E-state index >= 15 is 0 Å². The summed E-state index contributed by atoms with van der Waals surface area (Å²) in [5.74, 6) is 0.832. The monoisotopic (exact) mass is 412 g/mol. The number of nitrogens with one attached hydrogen (secondary N) is 2. The van der Waals surface area contributed by atoms with Crippen LogP contribution in [0, 0.1) is 16.7 Å². The summed E-state index contributed by atoms with van der Waals surface area (Å²) >= 11 is 0. The molecule has 0 amide bonds. The summed E-state index contributed by atoms with van der Waals surface area (Å²) in [7, 11) is 2.09. The van der Waals surface area contributed by atoms with Gasteiger partial charge in [-0.2, -0.15) is 10.6 Å². The normalized spacial score (nSPS) is 35.6. The second-order valence-corrected chi connectivity index (χ2v) is 11.6. The van der Waals surface area contributed by atoms with Gasteiger partial charge in [0.05, 0.1) is 11.7 Å². The highest BCUT2D eigenvalue weighted by Crippen LogP contribution is 2.62. The summed E-state index contributed by atoms with van der Waals surface area (Å²) in [5.41, 5.74) is 8.38. The molecule has 2 N–H and O–H groups in total. The summed E-state index contributed by atoms with van der Waals surface area (Å²) in [4.78, 5) is 6.25. The number of aromatic nitrogens is 2. The predicted molar refractivity (Wildman–Crippen MR) is 123 cm³/mol. The van der Waals surface area contributed by atoms with E-state index in [-0.39, 0.29) is 0 Å². The van der Waals surface area contributed by atoms with Gasteiger partial charge >= 0.3 is 0 Å². The molecule has 4 atom stereocenters. The van der Waals surface area contributed by atoms with Gasteiger partial charge in [0, 0.05) is 23.3 Å². The molecule has 0 spiro atoms. The number of hydrogen-bond acceptors (Lipinski definition) is 4. The van der Waals surface area contributed by atoms with E-state index in [1.807, 2.05) is 0 Å². The van der Waals surface area contributed by atoms with Crippen molar-refractivity contribution in [2.24, 2.45) is 16.7 Å². The number of hydroxylamine groups is 1. The number of fused-ring (bicyclic) bond motifs is 3. The Morgan fingerprint density at radius 1 is 1.13 bits per heavy atom. The molecule has 1 aromatic heterocycles. The smallest absolute Gasteiger partial charge is 0.182 e. The largest absolute Gasteiger partial charge is 0.359 e. The first-order chi connectivity index (χ1) is 14.4. The Balaban J connectivity index is 1.32. The van der Waals surface area contributed by atoms with Crippen LogP contribution in [0.15, 0.2) is 0 Å². The van der Waals surface area contributed by atoms with E-state index in [4.69, 9.17) is 9.94 Å². The number of hydrogen-bond donors (Lipinski definition) is 2. The minimum absolute atomic E-state index is 0.311. The van der Waals surface area contributed by atoms with Crippen molar-refractivity contribution < 1.29 is 4.84 Å². The summed E-state index contributed by atoms with van der Waals surface area (Å²) in [5, 5.41) is 8.68. The maximum Gasteiger partial charge on any atom is 0.182 e. The van der Waals surface area contributed by atoms with Crippen LogP contribution in [-0.2, 0) is 24.3 Å². The van der Waals surface area contributed by atoms with Gasteiger partial charge in [0.1, 0.15) is 6.61 Å². The highest BCUT2D eigenvalue weighted by Gasteiger charge is 2.59. The van der Waals surface area contributed by atoms with Crippen molar-refractivity contribution in [3.63, 3.8) is 0 Å². The molecule has 1 aromatic rings.